The molecule has 1 fully saturated rings. The van der Waals surface area contributed by atoms with Gasteiger partial charge >= 0.3 is 0 Å². The molecule has 2 heteroatoms. The normalized spacial score (nSPS) is 19.2. The molecule has 0 aliphatic carbocycles. The molecule has 0 N–H and O–H groups in total. The van der Waals surface area contributed by atoms with Crippen LogP contribution in [0.25, 0.3) is 0 Å². The van der Waals surface area contributed by atoms with Gasteiger partial charge in [0.25, 0.3) is 0 Å². The Hall–Kier alpha value is -0.790. The third-order valence-corrected chi connectivity index (χ3v) is 1.76. The number of nitrogens with zero attached hydrogens (tertiary/aromatic N) is 1. The molecule has 0 unspecified atom stereocenters. The van der Waals surface area contributed by atoms with Crippen molar-refractivity contribution in [1.29, 1.82) is 0 Å². The average molecular weight is 153 g/mol. The van der Waals surface area contributed by atoms with Crippen molar-refractivity contribution >= 4 is 5.91 Å². The van der Waals surface area contributed by atoms with Crippen LogP contribution in [0.1, 0.15) is 26.7 Å². The van der Waals surface area contributed by atoms with Crippen molar-refractivity contribution in [3.05, 3.63) is 12.3 Å². The standard InChI is InChI=1S/C9H15NO/c1-8(2)5-7-10-6-3-4-9(10)11/h5,7-8H,3-4,6H2,1-2H3. The molecule has 1 heterocycles. The Labute approximate surface area is 67.9 Å². The summed E-state index contributed by atoms with van der Waals surface area (Å²) in [7, 11) is 0. The molecule has 1 aliphatic rings. The Morgan fingerprint density at radius 1 is 1.55 bits per heavy atom. The Morgan fingerprint density at radius 3 is 2.73 bits per heavy atom. The first-order valence-corrected chi connectivity index (χ1v) is 4.18. The molecule has 1 amide bonds. The highest BCUT2D eigenvalue weighted by atomic mass is 16.2. The van der Waals surface area contributed by atoms with Crippen LogP contribution in [0, 0.1) is 5.92 Å². The summed E-state index contributed by atoms with van der Waals surface area (Å²) in [5.74, 6) is 0.797. The molecule has 1 aliphatic heterocycles. The van der Waals surface area contributed by atoms with E-state index in [-0.39, 0.29) is 5.91 Å². The number of carbonyl (C=O) groups excluding carboxylic acids is 1. The molecular weight excluding hydrogens is 138 g/mol. The monoisotopic (exact) mass is 153 g/mol. The van der Waals surface area contributed by atoms with Gasteiger partial charge in [0.1, 0.15) is 0 Å². The summed E-state index contributed by atoms with van der Waals surface area (Å²) in [6.07, 6.45) is 5.72. The molecule has 0 aromatic heterocycles. The first kappa shape index (κ1) is 8.31. The van der Waals surface area contributed by atoms with Crippen LogP contribution in [0.15, 0.2) is 12.3 Å². The van der Waals surface area contributed by atoms with E-state index in [4.69, 9.17) is 0 Å². The number of amides is 1. The maximum Gasteiger partial charge on any atom is 0.226 e. The first-order valence-electron chi connectivity index (χ1n) is 4.18. The minimum absolute atomic E-state index is 0.266. The molecule has 1 rings (SSSR count). The molecule has 11 heavy (non-hydrogen) atoms. The SMILES string of the molecule is CC(C)C=CN1CCCC1=O. The summed E-state index contributed by atoms with van der Waals surface area (Å²) < 4.78 is 0. The van der Waals surface area contributed by atoms with E-state index in [1.807, 2.05) is 6.20 Å². The van der Waals surface area contributed by atoms with E-state index in [0.717, 1.165) is 19.4 Å². The van der Waals surface area contributed by atoms with Crippen LogP contribution >= 0.6 is 0 Å². The largest absolute Gasteiger partial charge is 0.319 e. The second-order valence-corrected chi connectivity index (χ2v) is 3.28. The lowest BCUT2D eigenvalue weighted by atomic mass is 10.2. The van der Waals surface area contributed by atoms with Gasteiger partial charge in [-0.25, -0.2) is 0 Å². The Balaban J connectivity index is 2.42. The molecular formula is C9H15NO. The smallest absolute Gasteiger partial charge is 0.226 e. The van der Waals surface area contributed by atoms with Gasteiger partial charge in [-0.1, -0.05) is 19.9 Å². The number of allylic oxidation sites excluding steroid dienone is 1. The first-order chi connectivity index (χ1) is 5.20. The lowest BCUT2D eigenvalue weighted by Gasteiger charge is -2.08. The molecule has 0 radical (unpaired) electrons. The molecule has 2 nitrogen and oxygen atoms in total. The Kier molecular flexibility index (Phi) is 2.69. The van der Waals surface area contributed by atoms with Crippen molar-refractivity contribution in [3.8, 4) is 0 Å². The maximum atomic E-state index is 11.1. The van der Waals surface area contributed by atoms with Crippen LogP contribution in [-0.2, 0) is 4.79 Å². The van der Waals surface area contributed by atoms with Gasteiger partial charge in [-0.05, 0) is 12.3 Å². The summed E-state index contributed by atoms with van der Waals surface area (Å²) in [5.41, 5.74) is 0. The second kappa shape index (κ2) is 3.56. The van der Waals surface area contributed by atoms with Gasteiger partial charge in [0, 0.05) is 19.2 Å². The van der Waals surface area contributed by atoms with E-state index in [9.17, 15) is 4.79 Å². The highest BCUT2D eigenvalue weighted by Gasteiger charge is 2.16. The number of hydrogen-bond donors (Lipinski definition) is 0. The van der Waals surface area contributed by atoms with E-state index >= 15 is 0 Å². The molecule has 0 aromatic rings. The van der Waals surface area contributed by atoms with Crippen LogP contribution in [0.3, 0.4) is 0 Å². The zero-order valence-corrected chi connectivity index (χ0v) is 7.21. The fourth-order valence-corrected chi connectivity index (χ4v) is 1.10. The van der Waals surface area contributed by atoms with Gasteiger partial charge in [-0.15, -0.1) is 0 Å². The minimum atomic E-state index is 0.266. The number of hydrogen-bond acceptors (Lipinski definition) is 1. The van der Waals surface area contributed by atoms with Gasteiger partial charge in [0.15, 0.2) is 0 Å². The molecule has 0 saturated carbocycles. The molecule has 0 aromatic carbocycles. The molecule has 62 valence electrons. The van der Waals surface area contributed by atoms with Crippen molar-refractivity contribution in [2.24, 2.45) is 5.92 Å². The predicted octanol–water partition coefficient (Wildman–Crippen LogP) is 1.78. The van der Waals surface area contributed by atoms with Crippen molar-refractivity contribution < 1.29 is 4.79 Å². The van der Waals surface area contributed by atoms with Crippen LogP contribution in [0.4, 0.5) is 0 Å². The number of carbonyl (C=O) groups is 1. The predicted molar refractivity (Wildman–Crippen MR) is 44.9 cm³/mol. The van der Waals surface area contributed by atoms with Crippen molar-refractivity contribution in [1.82, 2.24) is 4.90 Å². The van der Waals surface area contributed by atoms with E-state index < -0.39 is 0 Å². The molecule has 0 bridgehead atoms. The maximum absolute atomic E-state index is 11.1. The molecule has 1 saturated heterocycles. The number of likely N-dealkylation sites (tertiary alicyclic amines) is 1. The second-order valence-electron chi connectivity index (χ2n) is 3.28. The van der Waals surface area contributed by atoms with E-state index in [2.05, 4.69) is 19.9 Å². The Morgan fingerprint density at radius 2 is 2.27 bits per heavy atom. The fraction of sp³-hybridized carbons (Fsp3) is 0.667. The van der Waals surface area contributed by atoms with Gasteiger partial charge in [0.05, 0.1) is 0 Å². The Bertz CT molecular complexity index is 172. The van der Waals surface area contributed by atoms with E-state index in [1.165, 1.54) is 0 Å². The van der Waals surface area contributed by atoms with Gasteiger partial charge in [-0.2, -0.15) is 0 Å². The fourth-order valence-electron chi connectivity index (χ4n) is 1.10. The summed E-state index contributed by atoms with van der Waals surface area (Å²) in [6.45, 7) is 5.12. The molecule has 0 atom stereocenters. The zero-order valence-electron chi connectivity index (χ0n) is 7.21. The quantitative estimate of drug-likeness (QED) is 0.592. The summed E-state index contributed by atoms with van der Waals surface area (Å²) in [4.78, 5) is 12.9. The summed E-state index contributed by atoms with van der Waals surface area (Å²) in [5, 5.41) is 0. The van der Waals surface area contributed by atoms with Gasteiger partial charge in [-0.3, -0.25) is 4.79 Å². The minimum Gasteiger partial charge on any atom is -0.319 e. The van der Waals surface area contributed by atoms with Crippen molar-refractivity contribution in [3.63, 3.8) is 0 Å². The van der Waals surface area contributed by atoms with Crippen molar-refractivity contribution in [2.75, 3.05) is 6.54 Å². The average Bonchev–Trinajstić information content (AvgIpc) is 2.31. The van der Waals surface area contributed by atoms with Crippen LogP contribution in [0.2, 0.25) is 0 Å². The van der Waals surface area contributed by atoms with Crippen molar-refractivity contribution in [2.45, 2.75) is 26.7 Å². The topological polar surface area (TPSA) is 20.3 Å². The lowest BCUT2D eigenvalue weighted by molar-refractivity contribution is -0.125. The third kappa shape index (κ3) is 2.37. The van der Waals surface area contributed by atoms with Crippen LogP contribution in [0.5, 0.6) is 0 Å². The molecule has 0 spiro atoms. The van der Waals surface area contributed by atoms with Gasteiger partial charge in [0.2, 0.25) is 5.91 Å². The van der Waals surface area contributed by atoms with E-state index in [0.29, 0.717) is 5.92 Å². The zero-order chi connectivity index (χ0) is 8.27. The highest BCUT2D eigenvalue weighted by molar-refractivity contribution is 5.79. The summed E-state index contributed by atoms with van der Waals surface area (Å²) in [6, 6.07) is 0. The van der Waals surface area contributed by atoms with E-state index in [1.54, 1.807) is 4.90 Å². The number of rotatable bonds is 2. The third-order valence-electron chi connectivity index (χ3n) is 1.76. The lowest BCUT2D eigenvalue weighted by Crippen LogP contribution is -2.17. The summed E-state index contributed by atoms with van der Waals surface area (Å²) >= 11 is 0. The van der Waals surface area contributed by atoms with Gasteiger partial charge < -0.3 is 4.90 Å². The highest BCUT2D eigenvalue weighted by Crippen LogP contribution is 2.10. The van der Waals surface area contributed by atoms with Crippen LogP contribution in [-0.4, -0.2) is 17.4 Å². The van der Waals surface area contributed by atoms with Crippen LogP contribution < -0.4 is 0 Å².